The molecule has 4 rings (SSSR count). The van der Waals surface area contributed by atoms with E-state index in [0.717, 1.165) is 29.6 Å². The molecule has 2 aliphatic heterocycles. The van der Waals surface area contributed by atoms with Gasteiger partial charge in [-0.3, -0.25) is 9.69 Å². The van der Waals surface area contributed by atoms with E-state index in [9.17, 15) is 18.4 Å². The number of rotatable bonds is 5. The Kier molecular flexibility index (Phi) is 6.83. The number of aromatic nitrogens is 2. The third kappa shape index (κ3) is 5.30. The van der Waals surface area contributed by atoms with Crippen molar-refractivity contribution in [3.63, 3.8) is 0 Å². The second-order valence-corrected chi connectivity index (χ2v) is 9.90. The van der Waals surface area contributed by atoms with Crippen LogP contribution in [0.4, 0.5) is 13.6 Å². The summed E-state index contributed by atoms with van der Waals surface area (Å²) in [7, 11) is 0. The first-order chi connectivity index (χ1) is 16.5. The molecule has 0 aliphatic carbocycles. The first-order valence-electron chi connectivity index (χ1n) is 11.6. The topological polar surface area (TPSA) is 112 Å². The summed E-state index contributed by atoms with van der Waals surface area (Å²) in [6, 6.07) is 2.38. The number of carbonyl (C=O) groups is 2. The Bertz CT molecular complexity index is 1130. The van der Waals surface area contributed by atoms with Gasteiger partial charge in [-0.15, -0.1) is 0 Å². The summed E-state index contributed by atoms with van der Waals surface area (Å²) >= 11 is 0. The quantitative estimate of drug-likeness (QED) is 0.665. The number of nitrogens with zero attached hydrogens (tertiary/aromatic N) is 3. The van der Waals surface area contributed by atoms with Gasteiger partial charge in [0.15, 0.2) is 5.82 Å². The highest BCUT2D eigenvalue weighted by atomic mass is 19.1. The minimum Gasteiger partial charge on any atom is -0.444 e. The molecule has 35 heavy (non-hydrogen) atoms. The molecule has 2 amide bonds. The van der Waals surface area contributed by atoms with Crippen LogP contribution >= 0.6 is 0 Å². The molecule has 190 valence electrons. The molecule has 3 atom stereocenters. The van der Waals surface area contributed by atoms with Gasteiger partial charge in [0, 0.05) is 31.2 Å². The van der Waals surface area contributed by atoms with Crippen LogP contribution in [0.3, 0.4) is 0 Å². The lowest BCUT2D eigenvalue weighted by Gasteiger charge is -2.40. The highest BCUT2D eigenvalue weighted by Gasteiger charge is 2.40. The molecule has 0 radical (unpaired) electrons. The molecule has 0 spiro atoms. The molecule has 2 aliphatic rings. The summed E-state index contributed by atoms with van der Waals surface area (Å²) < 4.78 is 41.8. The lowest BCUT2D eigenvalue weighted by molar-refractivity contribution is -0.0630. The molecular formula is C24H31F2N5O4. The van der Waals surface area contributed by atoms with Crippen LogP contribution in [0.1, 0.15) is 67.8 Å². The predicted octanol–water partition coefficient (Wildman–Crippen LogP) is 3.02. The van der Waals surface area contributed by atoms with Crippen molar-refractivity contribution in [1.29, 1.82) is 0 Å². The Morgan fingerprint density at radius 2 is 2.03 bits per heavy atom. The van der Waals surface area contributed by atoms with Crippen molar-refractivity contribution in [1.82, 2.24) is 19.8 Å². The molecule has 9 nitrogen and oxygen atoms in total. The number of benzene rings is 1. The van der Waals surface area contributed by atoms with Crippen LogP contribution in [-0.2, 0) is 29.1 Å². The van der Waals surface area contributed by atoms with Crippen LogP contribution in [0.2, 0.25) is 0 Å². The largest absolute Gasteiger partial charge is 0.444 e. The zero-order valence-corrected chi connectivity index (χ0v) is 20.3. The van der Waals surface area contributed by atoms with E-state index < -0.39 is 41.4 Å². The fourth-order valence-electron chi connectivity index (χ4n) is 4.77. The molecule has 1 fully saturated rings. The van der Waals surface area contributed by atoms with Gasteiger partial charge in [0.25, 0.3) is 5.91 Å². The zero-order chi connectivity index (χ0) is 25.5. The fourth-order valence-corrected chi connectivity index (χ4v) is 4.77. The van der Waals surface area contributed by atoms with Crippen molar-refractivity contribution in [2.45, 2.75) is 77.5 Å². The molecule has 1 aromatic carbocycles. The molecule has 3 heterocycles. The molecule has 11 heteroatoms. The van der Waals surface area contributed by atoms with E-state index in [0.29, 0.717) is 26.1 Å². The van der Waals surface area contributed by atoms with Crippen molar-refractivity contribution in [3.8, 4) is 0 Å². The molecule has 1 saturated heterocycles. The minimum atomic E-state index is -0.886. The Morgan fingerprint density at radius 3 is 2.69 bits per heavy atom. The lowest BCUT2D eigenvalue weighted by atomic mass is 9.92. The van der Waals surface area contributed by atoms with Crippen LogP contribution in [0, 0.1) is 11.6 Å². The van der Waals surface area contributed by atoms with Crippen LogP contribution in [0.15, 0.2) is 18.2 Å². The number of carbonyl (C=O) groups excluding carboxylic acids is 2. The van der Waals surface area contributed by atoms with Gasteiger partial charge in [-0.05, 0) is 52.3 Å². The summed E-state index contributed by atoms with van der Waals surface area (Å²) in [6.45, 7) is 8.95. The first-order valence-corrected chi connectivity index (χ1v) is 11.6. The van der Waals surface area contributed by atoms with Crippen molar-refractivity contribution in [3.05, 3.63) is 52.6 Å². The third-order valence-corrected chi connectivity index (χ3v) is 6.24. The highest BCUT2D eigenvalue weighted by Crippen LogP contribution is 2.35. The number of primary amides is 1. The first kappa shape index (κ1) is 25.1. The van der Waals surface area contributed by atoms with Gasteiger partial charge in [0.2, 0.25) is 0 Å². The molecule has 1 unspecified atom stereocenters. The van der Waals surface area contributed by atoms with E-state index >= 15 is 0 Å². The van der Waals surface area contributed by atoms with E-state index in [1.807, 2.05) is 11.5 Å². The van der Waals surface area contributed by atoms with Crippen LogP contribution < -0.4 is 11.1 Å². The molecule has 1 aromatic heterocycles. The number of ether oxygens (including phenoxy) is 2. The summed E-state index contributed by atoms with van der Waals surface area (Å²) in [5.41, 5.74) is 6.47. The second kappa shape index (κ2) is 9.54. The zero-order valence-electron chi connectivity index (χ0n) is 20.3. The third-order valence-electron chi connectivity index (χ3n) is 6.24. The second-order valence-electron chi connectivity index (χ2n) is 9.90. The SMILES string of the molecule is CCn1c(C(N)=O)nc2c1CN([C@H]1CO[C@H](c3cc(F)ccc3F)C(NC(=O)OC(C)(C)C)C1)C2. The van der Waals surface area contributed by atoms with Gasteiger partial charge in [-0.25, -0.2) is 18.6 Å². The van der Waals surface area contributed by atoms with Crippen molar-refractivity contribution in [2.24, 2.45) is 5.73 Å². The van der Waals surface area contributed by atoms with E-state index in [2.05, 4.69) is 15.2 Å². The Labute approximate surface area is 202 Å². The van der Waals surface area contributed by atoms with E-state index in [1.165, 1.54) is 0 Å². The number of nitrogens with one attached hydrogen (secondary N) is 1. The van der Waals surface area contributed by atoms with Gasteiger partial charge in [-0.2, -0.15) is 0 Å². The summed E-state index contributed by atoms with van der Waals surface area (Å²) in [5, 5.41) is 2.80. The van der Waals surface area contributed by atoms with Gasteiger partial charge >= 0.3 is 6.09 Å². The molecule has 3 N–H and O–H groups in total. The lowest BCUT2D eigenvalue weighted by Crippen LogP contribution is -2.52. The van der Waals surface area contributed by atoms with Gasteiger partial charge in [0.05, 0.1) is 24.0 Å². The molecule has 2 aromatic rings. The van der Waals surface area contributed by atoms with Crippen molar-refractivity contribution >= 4 is 12.0 Å². The van der Waals surface area contributed by atoms with Crippen LogP contribution in [-0.4, -0.2) is 50.7 Å². The molecular weight excluding hydrogens is 460 g/mol. The van der Waals surface area contributed by atoms with Gasteiger partial charge < -0.3 is 25.1 Å². The standard InChI is InChI=1S/C24H31F2N5O4/c1-5-31-19-11-30(10-18(19)28-22(31)21(27)32)14-9-17(29-23(33)35-24(2,3)4)20(34-12-14)15-8-13(25)6-7-16(15)26/h6-8,14,17,20H,5,9-12H2,1-4H3,(H2,27,32)(H,29,33)/t14-,17?,20-/m1/s1. The summed E-state index contributed by atoms with van der Waals surface area (Å²) in [5.74, 6) is -1.54. The summed E-state index contributed by atoms with van der Waals surface area (Å²) in [6.07, 6.45) is -1.13. The van der Waals surface area contributed by atoms with Gasteiger partial charge in [0.1, 0.15) is 23.3 Å². The number of imidazole rings is 1. The average molecular weight is 492 g/mol. The highest BCUT2D eigenvalue weighted by molar-refractivity contribution is 5.89. The monoisotopic (exact) mass is 491 g/mol. The number of fused-ring (bicyclic) bond motifs is 1. The van der Waals surface area contributed by atoms with E-state index in [-0.39, 0.29) is 24.0 Å². The maximum Gasteiger partial charge on any atom is 0.407 e. The number of hydrogen-bond donors (Lipinski definition) is 2. The Hall–Kier alpha value is -3.05. The molecule has 0 bridgehead atoms. The maximum absolute atomic E-state index is 14.6. The Balaban J connectivity index is 1.55. The average Bonchev–Trinajstić information content (AvgIpc) is 3.32. The van der Waals surface area contributed by atoms with E-state index in [4.69, 9.17) is 15.2 Å². The van der Waals surface area contributed by atoms with Crippen molar-refractivity contribution < 1.29 is 27.8 Å². The summed E-state index contributed by atoms with van der Waals surface area (Å²) in [4.78, 5) is 30.9. The number of nitrogens with two attached hydrogens (primary N) is 1. The van der Waals surface area contributed by atoms with E-state index in [1.54, 1.807) is 20.8 Å². The van der Waals surface area contributed by atoms with Gasteiger partial charge in [-0.1, -0.05) is 0 Å². The van der Waals surface area contributed by atoms with Crippen molar-refractivity contribution in [2.75, 3.05) is 6.61 Å². The maximum atomic E-state index is 14.6. The number of hydrogen-bond acceptors (Lipinski definition) is 6. The normalized spacial score (nSPS) is 22.6. The Morgan fingerprint density at radius 1 is 1.29 bits per heavy atom. The number of alkyl carbamates (subject to hydrolysis) is 1. The molecule has 0 saturated carbocycles. The van der Waals surface area contributed by atoms with Crippen LogP contribution in [0.5, 0.6) is 0 Å². The number of amides is 2. The minimum absolute atomic E-state index is 0.0411. The smallest absolute Gasteiger partial charge is 0.407 e. The van der Waals surface area contributed by atoms with Crippen LogP contribution in [0.25, 0.3) is 0 Å². The predicted molar refractivity (Wildman–Crippen MR) is 122 cm³/mol. The number of halogens is 2. The fraction of sp³-hybridized carbons (Fsp3) is 0.542.